The van der Waals surface area contributed by atoms with Crippen molar-refractivity contribution < 1.29 is 4.79 Å². The first kappa shape index (κ1) is 20.2. The molecule has 1 saturated heterocycles. The van der Waals surface area contributed by atoms with Crippen molar-refractivity contribution in [3.8, 4) is 0 Å². The van der Waals surface area contributed by atoms with Crippen molar-refractivity contribution in [2.24, 2.45) is 10.9 Å². The van der Waals surface area contributed by atoms with E-state index in [2.05, 4.69) is 32.9 Å². The highest BCUT2D eigenvalue weighted by molar-refractivity contribution is 5.94. The highest BCUT2D eigenvalue weighted by Crippen LogP contribution is 2.18. The molecule has 0 spiro atoms. The third kappa shape index (κ3) is 6.67. The highest BCUT2D eigenvalue weighted by atomic mass is 16.1. The van der Waals surface area contributed by atoms with Gasteiger partial charge in [-0.2, -0.15) is 0 Å². The molecule has 1 aliphatic heterocycles. The standard InChI is InChI=1S/C20H33N5O/c1-21-19(26)18-6-4-5-17(15-18)8-12-24-20(22-2)23-11-7-16-9-13-25(3)14-10-16/h4-6,15-16H,7-14H2,1-3H3,(H,21,26)(H2,22,23,24). The Morgan fingerprint density at radius 1 is 1.23 bits per heavy atom. The highest BCUT2D eigenvalue weighted by Gasteiger charge is 2.16. The van der Waals surface area contributed by atoms with Gasteiger partial charge in [0.25, 0.3) is 5.91 Å². The second-order valence-corrected chi connectivity index (χ2v) is 6.99. The number of aliphatic imine (C=N–C) groups is 1. The van der Waals surface area contributed by atoms with Crippen LogP contribution >= 0.6 is 0 Å². The van der Waals surface area contributed by atoms with E-state index in [1.807, 2.05) is 24.3 Å². The minimum Gasteiger partial charge on any atom is -0.356 e. The van der Waals surface area contributed by atoms with Crippen molar-refractivity contribution in [2.75, 3.05) is 47.3 Å². The number of guanidine groups is 1. The molecule has 0 atom stereocenters. The van der Waals surface area contributed by atoms with Gasteiger partial charge < -0.3 is 20.9 Å². The second-order valence-electron chi connectivity index (χ2n) is 6.99. The summed E-state index contributed by atoms with van der Waals surface area (Å²) >= 11 is 0. The Kier molecular flexibility index (Phi) is 8.41. The molecule has 0 bridgehead atoms. The molecular formula is C20H33N5O. The van der Waals surface area contributed by atoms with Crippen molar-refractivity contribution in [1.82, 2.24) is 20.9 Å². The molecule has 26 heavy (non-hydrogen) atoms. The van der Waals surface area contributed by atoms with Crippen LogP contribution in [0.3, 0.4) is 0 Å². The molecule has 3 N–H and O–H groups in total. The SMILES string of the molecule is CN=C(NCCc1cccc(C(=O)NC)c1)NCCC1CCN(C)CC1. The van der Waals surface area contributed by atoms with Crippen molar-refractivity contribution in [1.29, 1.82) is 0 Å². The quantitative estimate of drug-likeness (QED) is 0.510. The number of carbonyl (C=O) groups is 1. The van der Waals surface area contributed by atoms with Crippen LogP contribution in [-0.2, 0) is 6.42 Å². The van der Waals surface area contributed by atoms with Gasteiger partial charge in [0.15, 0.2) is 5.96 Å². The third-order valence-electron chi connectivity index (χ3n) is 5.03. The maximum atomic E-state index is 11.7. The van der Waals surface area contributed by atoms with Crippen LogP contribution in [0.1, 0.15) is 35.2 Å². The predicted octanol–water partition coefficient (Wildman–Crippen LogP) is 1.49. The summed E-state index contributed by atoms with van der Waals surface area (Å²) in [5, 5.41) is 9.43. The lowest BCUT2D eigenvalue weighted by Gasteiger charge is -2.29. The summed E-state index contributed by atoms with van der Waals surface area (Å²) < 4.78 is 0. The number of hydrogen-bond acceptors (Lipinski definition) is 3. The van der Waals surface area contributed by atoms with E-state index in [0.717, 1.165) is 37.0 Å². The van der Waals surface area contributed by atoms with Crippen LogP contribution in [0.5, 0.6) is 0 Å². The van der Waals surface area contributed by atoms with Gasteiger partial charge in [0.1, 0.15) is 0 Å². The monoisotopic (exact) mass is 359 g/mol. The first-order valence-electron chi connectivity index (χ1n) is 9.56. The van der Waals surface area contributed by atoms with E-state index >= 15 is 0 Å². The average molecular weight is 360 g/mol. The lowest BCUT2D eigenvalue weighted by atomic mass is 9.94. The Bertz CT molecular complexity index is 594. The van der Waals surface area contributed by atoms with E-state index in [1.54, 1.807) is 14.1 Å². The Balaban J connectivity index is 1.68. The van der Waals surface area contributed by atoms with Crippen LogP contribution in [0.15, 0.2) is 29.3 Å². The molecule has 6 nitrogen and oxygen atoms in total. The molecule has 1 aromatic rings. The summed E-state index contributed by atoms with van der Waals surface area (Å²) in [7, 11) is 5.65. The zero-order chi connectivity index (χ0) is 18.8. The number of benzene rings is 1. The average Bonchev–Trinajstić information content (AvgIpc) is 2.67. The molecule has 1 amide bonds. The van der Waals surface area contributed by atoms with Gasteiger partial charge in [-0.25, -0.2) is 0 Å². The summed E-state index contributed by atoms with van der Waals surface area (Å²) in [5.41, 5.74) is 1.84. The van der Waals surface area contributed by atoms with Gasteiger partial charge in [0.05, 0.1) is 0 Å². The largest absolute Gasteiger partial charge is 0.356 e. The fourth-order valence-corrected chi connectivity index (χ4v) is 3.30. The lowest BCUT2D eigenvalue weighted by Crippen LogP contribution is -2.39. The molecule has 1 aliphatic rings. The van der Waals surface area contributed by atoms with Crippen LogP contribution in [0, 0.1) is 5.92 Å². The number of carbonyl (C=O) groups excluding carboxylic acids is 1. The molecule has 2 rings (SSSR count). The molecule has 0 unspecified atom stereocenters. The molecular weight excluding hydrogens is 326 g/mol. The molecule has 6 heteroatoms. The Morgan fingerprint density at radius 2 is 1.96 bits per heavy atom. The zero-order valence-electron chi connectivity index (χ0n) is 16.3. The molecule has 0 aliphatic carbocycles. The number of nitrogens with one attached hydrogen (secondary N) is 3. The molecule has 1 aromatic carbocycles. The number of piperidine rings is 1. The van der Waals surface area contributed by atoms with Crippen LogP contribution in [0.4, 0.5) is 0 Å². The van der Waals surface area contributed by atoms with Gasteiger partial charge in [-0.15, -0.1) is 0 Å². The van der Waals surface area contributed by atoms with Crippen molar-refractivity contribution in [3.63, 3.8) is 0 Å². The van der Waals surface area contributed by atoms with Gasteiger partial charge in [-0.3, -0.25) is 9.79 Å². The Hall–Kier alpha value is -2.08. The number of likely N-dealkylation sites (tertiary alicyclic amines) is 1. The van der Waals surface area contributed by atoms with Crippen molar-refractivity contribution in [2.45, 2.75) is 25.7 Å². The maximum Gasteiger partial charge on any atom is 0.251 e. The third-order valence-corrected chi connectivity index (χ3v) is 5.03. The molecule has 144 valence electrons. The van der Waals surface area contributed by atoms with Gasteiger partial charge >= 0.3 is 0 Å². The predicted molar refractivity (Wildman–Crippen MR) is 108 cm³/mol. The van der Waals surface area contributed by atoms with Gasteiger partial charge in [-0.05, 0) is 69.4 Å². The van der Waals surface area contributed by atoms with E-state index in [-0.39, 0.29) is 5.91 Å². The number of nitrogens with zero attached hydrogens (tertiary/aromatic N) is 2. The molecule has 0 saturated carbocycles. The van der Waals surface area contributed by atoms with Crippen LogP contribution in [-0.4, -0.2) is 64.1 Å². The van der Waals surface area contributed by atoms with E-state index in [9.17, 15) is 4.79 Å². The normalized spacial score (nSPS) is 16.3. The summed E-state index contributed by atoms with van der Waals surface area (Å²) in [6.07, 6.45) is 4.64. The zero-order valence-corrected chi connectivity index (χ0v) is 16.3. The first-order valence-corrected chi connectivity index (χ1v) is 9.56. The summed E-state index contributed by atoms with van der Waals surface area (Å²) in [4.78, 5) is 18.4. The summed E-state index contributed by atoms with van der Waals surface area (Å²) in [6.45, 7) is 4.17. The minimum atomic E-state index is -0.0498. The molecule has 0 aromatic heterocycles. The molecule has 1 fully saturated rings. The number of hydrogen-bond donors (Lipinski definition) is 3. The summed E-state index contributed by atoms with van der Waals surface area (Å²) in [6, 6.07) is 7.75. The number of amides is 1. The second kappa shape index (κ2) is 10.8. The maximum absolute atomic E-state index is 11.7. The van der Waals surface area contributed by atoms with Gasteiger partial charge in [0, 0.05) is 32.7 Å². The fourth-order valence-electron chi connectivity index (χ4n) is 3.30. The van der Waals surface area contributed by atoms with Gasteiger partial charge in [-0.1, -0.05) is 12.1 Å². The van der Waals surface area contributed by atoms with Crippen molar-refractivity contribution >= 4 is 11.9 Å². The smallest absolute Gasteiger partial charge is 0.251 e. The molecule has 0 radical (unpaired) electrons. The molecule has 1 heterocycles. The lowest BCUT2D eigenvalue weighted by molar-refractivity contribution is 0.0963. The van der Waals surface area contributed by atoms with Crippen LogP contribution < -0.4 is 16.0 Å². The van der Waals surface area contributed by atoms with E-state index < -0.39 is 0 Å². The summed E-state index contributed by atoms with van der Waals surface area (Å²) in [5.74, 6) is 1.62. The van der Waals surface area contributed by atoms with E-state index in [4.69, 9.17) is 0 Å². The topological polar surface area (TPSA) is 68.8 Å². The fraction of sp³-hybridized carbons (Fsp3) is 0.600. The van der Waals surface area contributed by atoms with Gasteiger partial charge in [0.2, 0.25) is 0 Å². The minimum absolute atomic E-state index is 0.0498. The van der Waals surface area contributed by atoms with E-state index in [1.165, 1.54) is 32.4 Å². The first-order chi connectivity index (χ1) is 12.6. The van der Waals surface area contributed by atoms with Crippen molar-refractivity contribution in [3.05, 3.63) is 35.4 Å². The Labute approximate surface area is 157 Å². The van der Waals surface area contributed by atoms with Crippen LogP contribution in [0.25, 0.3) is 0 Å². The van der Waals surface area contributed by atoms with E-state index in [0.29, 0.717) is 5.56 Å². The number of rotatable bonds is 7. The Morgan fingerprint density at radius 3 is 2.65 bits per heavy atom. The van der Waals surface area contributed by atoms with Crippen LogP contribution in [0.2, 0.25) is 0 Å².